The van der Waals surface area contributed by atoms with Crippen molar-refractivity contribution in [1.82, 2.24) is 0 Å². The molecule has 0 bridgehead atoms. The van der Waals surface area contributed by atoms with Crippen LogP contribution in [0.15, 0.2) is 64.9 Å². The van der Waals surface area contributed by atoms with E-state index in [4.69, 9.17) is 0 Å². The summed E-state index contributed by atoms with van der Waals surface area (Å²) in [6, 6.07) is 12.7. The average Bonchev–Trinajstić information content (AvgIpc) is 2.86. The minimum atomic E-state index is -3.90. The monoisotopic (exact) mass is 377 g/mol. The molecule has 0 N–H and O–H groups in total. The van der Waals surface area contributed by atoms with Crippen molar-refractivity contribution in [2.75, 3.05) is 10.1 Å². The lowest BCUT2D eigenvalue weighted by atomic mass is 10.1. The van der Waals surface area contributed by atoms with Gasteiger partial charge in [0.05, 0.1) is 22.4 Å². The van der Waals surface area contributed by atoms with E-state index in [1.54, 1.807) is 30.3 Å². The smallest absolute Gasteiger partial charge is 0.258 e. The number of benzene rings is 2. The molecule has 0 fully saturated rings. The molecule has 5 nitrogen and oxygen atoms in total. The van der Waals surface area contributed by atoms with Crippen molar-refractivity contribution in [3.05, 3.63) is 71.1 Å². The largest absolute Gasteiger partial charge is 0.264 e. The van der Waals surface area contributed by atoms with Gasteiger partial charge in [-0.15, -0.1) is 0 Å². The Labute approximate surface area is 148 Å². The number of nitrogens with zero attached hydrogens (tertiary/aromatic N) is 1. The second-order valence-corrected chi connectivity index (χ2v) is 9.93. The van der Waals surface area contributed by atoms with Gasteiger partial charge in [-0.25, -0.2) is 16.8 Å². The number of hydrogen-bond acceptors (Lipinski definition) is 4. The minimum Gasteiger partial charge on any atom is -0.258 e. The fraction of sp³-hybridized carbons (Fsp3) is 0.222. The van der Waals surface area contributed by atoms with Crippen molar-refractivity contribution in [2.45, 2.75) is 24.8 Å². The molecule has 1 heterocycles. The van der Waals surface area contributed by atoms with Crippen molar-refractivity contribution in [1.29, 1.82) is 0 Å². The Bertz CT molecular complexity index is 1010. The van der Waals surface area contributed by atoms with Crippen molar-refractivity contribution in [3.8, 4) is 0 Å². The first-order chi connectivity index (χ1) is 11.7. The lowest BCUT2D eigenvalue weighted by molar-refractivity contribution is 0.586. The van der Waals surface area contributed by atoms with E-state index in [0.29, 0.717) is 5.69 Å². The summed E-state index contributed by atoms with van der Waals surface area (Å²) >= 11 is 0. The van der Waals surface area contributed by atoms with Crippen LogP contribution in [0.2, 0.25) is 0 Å². The van der Waals surface area contributed by atoms with Crippen LogP contribution in [0, 0.1) is 13.8 Å². The van der Waals surface area contributed by atoms with Crippen molar-refractivity contribution < 1.29 is 16.8 Å². The van der Waals surface area contributed by atoms with Crippen LogP contribution in [0.25, 0.3) is 0 Å². The Morgan fingerprint density at radius 3 is 2.12 bits per heavy atom. The molecule has 1 aliphatic heterocycles. The molecular formula is C18H19NO4S2. The summed E-state index contributed by atoms with van der Waals surface area (Å²) in [5.41, 5.74) is 2.29. The van der Waals surface area contributed by atoms with Crippen LogP contribution in [-0.4, -0.2) is 28.6 Å². The van der Waals surface area contributed by atoms with Crippen LogP contribution in [-0.2, 0) is 19.9 Å². The van der Waals surface area contributed by atoms with Gasteiger partial charge in [0.15, 0.2) is 9.84 Å². The van der Waals surface area contributed by atoms with Gasteiger partial charge in [0.1, 0.15) is 0 Å². The Kier molecular flexibility index (Phi) is 4.47. The summed E-state index contributed by atoms with van der Waals surface area (Å²) in [6.07, 6.45) is 1.44. The molecule has 0 amide bonds. The highest BCUT2D eigenvalue weighted by Gasteiger charge is 2.36. The average molecular weight is 377 g/mol. The number of sulfone groups is 1. The minimum absolute atomic E-state index is 0.131. The predicted octanol–water partition coefficient (Wildman–Crippen LogP) is 2.81. The molecule has 0 spiro atoms. The summed E-state index contributed by atoms with van der Waals surface area (Å²) in [5.74, 6) is -0.258. The first-order valence-electron chi connectivity index (χ1n) is 7.78. The number of hydrogen-bond donors (Lipinski definition) is 0. The molecule has 25 heavy (non-hydrogen) atoms. The predicted molar refractivity (Wildman–Crippen MR) is 98.7 cm³/mol. The van der Waals surface area contributed by atoms with Gasteiger partial charge in [-0.05, 0) is 55.3 Å². The zero-order valence-corrected chi connectivity index (χ0v) is 15.6. The molecule has 0 aromatic heterocycles. The van der Waals surface area contributed by atoms with Gasteiger partial charge < -0.3 is 0 Å². The van der Waals surface area contributed by atoms with Crippen LogP contribution in [0.5, 0.6) is 0 Å². The van der Waals surface area contributed by atoms with Crippen LogP contribution < -0.4 is 4.31 Å². The molecule has 0 aliphatic carbocycles. The third-order valence-electron chi connectivity index (χ3n) is 3.97. The molecular weight excluding hydrogens is 358 g/mol. The highest BCUT2D eigenvalue weighted by Crippen LogP contribution is 2.31. The van der Waals surface area contributed by atoms with Crippen LogP contribution in [0.1, 0.15) is 11.1 Å². The van der Waals surface area contributed by atoms with Gasteiger partial charge in [-0.1, -0.05) is 24.3 Å². The molecule has 2 aromatic rings. The highest BCUT2D eigenvalue weighted by molar-refractivity contribution is 7.95. The second-order valence-electron chi connectivity index (χ2n) is 6.19. The maximum Gasteiger partial charge on any atom is 0.264 e. The van der Waals surface area contributed by atoms with Crippen LogP contribution in [0.4, 0.5) is 5.69 Å². The molecule has 0 unspecified atom stereocenters. The third-order valence-corrected chi connectivity index (χ3v) is 7.22. The zero-order chi connectivity index (χ0) is 18.2. The normalized spacial score (nSPS) is 19.0. The SMILES string of the molecule is Cc1cc(C)cc(N([C@H]2C=CS(=O)(=O)C2)S(=O)(=O)c2ccccc2)c1. The van der Waals surface area contributed by atoms with Crippen molar-refractivity contribution in [2.24, 2.45) is 0 Å². The first kappa shape index (κ1) is 17.7. The van der Waals surface area contributed by atoms with Gasteiger partial charge in [-0.2, -0.15) is 0 Å². The summed E-state index contributed by atoms with van der Waals surface area (Å²) in [6.45, 7) is 3.76. The van der Waals surface area contributed by atoms with E-state index >= 15 is 0 Å². The van der Waals surface area contributed by atoms with Crippen LogP contribution >= 0.6 is 0 Å². The molecule has 3 rings (SSSR count). The van der Waals surface area contributed by atoms with E-state index in [0.717, 1.165) is 16.5 Å². The highest BCUT2D eigenvalue weighted by atomic mass is 32.2. The quantitative estimate of drug-likeness (QED) is 0.821. The Balaban J connectivity index is 2.18. The maximum atomic E-state index is 13.3. The molecule has 0 saturated heterocycles. The number of anilines is 1. The fourth-order valence-corrected chi connectivity index (χ4v) is 5.97. The molecule has 0 radical (unpaired) electrons. The van der Waals surface area contributed by atoms with Crippen LogP contribution in [0.3, 0.4) is 0 Å². The zero-order valence-electron chi connectivity index (χ0n) is 14.0. The van der Waals surface area contributed by atoms with E-state index in [2.05, 4.69) is 0 Å². The van der Waals surface area contributed by atoms with Gasteiger partial charge in [0.25, 0.3) is 10.0 Å². The summed E-state index contributed by atoms with van der Waals surface area (Å²) in [5, 5.41) is 1.09. The molecule has 132 valence electrons. The lowest BCUT2D eigenvalue weighted by Crippen LogP contribution is -2.41. The van der Waals surface area contributed by atoms with Crippen molar-refractivity contribution in [3.63, 3.8) is 0 Å². The molecule has 7 heteroatoms. The fourth-order valence-electron chi connectivity index (χ4n) is 3.00. The first-order valence-corrected chi connectivity index (χ1v) is 10.9. The van der Waals surface area contributed by atoms with E-state index in [9.17, 15) is 16.8 Å². The Morgan fingerprint density at radius 1 is 1.00 bits per heavy atom. The summed E-state index contributed by atoms with van der Waals surface area (Å²) < 4.78 is 51.4. The van der Waals surface area contributed by atoms with Crippen molar-refractivity contribution >= 4 is 25.5 Å². The second kappa shape index (κ2) is 6.31. The van der Waals surface area contributed by atoms with E-state index < -0.39 is 25.9 Å². The number of rotatable bonds is 4. The topological polar surface area (TPSA) is 71.5 Å². The molecule has 1 aliphatic rings. The molecule has 2 aromatic carbocycles. The summed E-state index contributed by atoms with van der Waals surface area (Å²) in [4.78, 5) is 0.131. The van der Waals surface area contributed by atoms with E-state index in [1.807, 2.05) is 19.9 Å². The van der Waals surface area contributed by atoms with Gasteiger partial charge in [0.2, 0.25) is 0 Å². The number of aryl methyl sites for hydroxylation is 2. The Hall–Kier alpha value is -2.12. The number of sulfonamides is 1. The maximum absolute atomic E-state index is 13.3. The van der Waals surface area contributed by atoms with E-state index in [-0.39, 0.29) is 10.6 Å². The Morgan fingerprint density at radius 2 is 1.60 bits per heavy atom. The standard InChI is InChI=1S/C18H19NO4S2/c1-14-10-15(2)12-17(11-14)19(16-8-9-24(20,21)13-16)25(22,23)18-6-4-3-5-7-18/h3-12,16H,13H2,1-2H3/t16-/m0/s1. The molecule has 1 atom stereocenters. The molecule has 0 saturated carbocycles. The third kappa shape index (κ3) is 3.62. The van der Waals surface area contributed by atoms with Gasteiger partial charge in [-0.3, -0.25) is 4.31 Å². The summed E-state index contributed by atoms with van der Waals surface area (Å²) in [7, 11) is -7.30. The van der Waals surface area contributed by atoms with E-state index in [1.165, 1.54) is 22.5 Å². The van der Waals surface area contributed by atoms with Gasteiger partial charge >= 0.3 is 0 Å². The lowest BCUT2D eigenvalue weighted by Gasteiger charge is -2.29. The van der Waals surface area contributed by atoms with Gasteiger partial charge in [0, 0.05) is 5.41 Å².